The summed E-state index contributed by atoms with van der Waals surface area (Å²) in [6, 6.07) is 8.46. The molecular formula is C16H19ClN2O2S2. The summed E-state index contributed by atoms with van der Waals surface area (Å²) < 4.78 is 26.1. The summed E-state index contributed by atoms with van der Waals surface area (Å²) >= 11 is 7.58. The van der Waals surface area contributed by atoms with E-state index in [1.807, 2.05) is 25.5 Å². The quantitative estimate of drug-likeness (QED) is 0.809. The van der Waals surface area contributed by atoms with Crippen molar-refractivity contribution in [3.05, 3.63) is 46.3 Å². The zero-order chi connectivity index (χ0) is 16.6. The maximum atomic E-state index is 13.0. The first-order chi connectivity index (χ1) is 10.9. The molecule has 1 aromatic heterocycles. The first kappa shape index (κ1) is 16.8. The number of benzene rings is 1. The van der Waals surface area contributed by atoms with E-state index in [9.17, 15) is 8.42 Å². The molecule has 3 rings (SSSR count). The molecule has 0 saturated heterocycles. The third-order valence-electron chi connectivity index (χ3n) is 4.01. The first-order valence-corrected chi connectivity index (χ1v) is 10.2. The summed E-state index contributed by atoms with van der Waals surface area (Å²) in [4.78, 5) is 4.57. The average molecular weight is 371 g/mol. The Morgan fingerprint density at radius 2 is 2.13 bits per heavy atom. The Morgan fingerprint density at radius 3 is 2.83 bits per heavy atom. The zero-order valence-corrected chi connectivity index (χ0v) is 15.5. The van der Waals surface area contributed by atoms with E-state index < -0.39 is 15.1 Å². The van der Waals surface area contributed by atoms with E-state index in [0.29, 0.717) is 16.5 Å². The van der Waals surface area contributed by atoms with Gasteiger partial charge >= 0.3 is 0 Å². The summed E-state index contributed by atoms with van der Waals surface area (Å²) in [7, 11) is 0.590. The monoisotopic (exact) mass is 370 g/mol. The second-order valence-electron chi connectivity index (χ2n) is 5.92. The SMILES string of the molecule is CN(C)CCN1CC(S(=O)(=O)c2cccc(Cl)c2)c2ccsc21. The van der Waals surface area contributed by atoms with Crippen molar-refractivity contribution in [3.8, 4) is 0 Å². The lowest BCUT2D eigenvalue weighted by molar-refractivity contribution is 0.414. The maximum absolute atomic E-state index is 13.0. The lowest BCUT2D eigenvalue weighted by Crippen LogP contribution is -2.31. The van der Waals surface area contributed by atoms with Crippen molar-refractivity contribution in [2.24, 2.45) is 0 Å². The molecule has 1 aliphatic heterocycles. The van der Waals surface area contributed by atoms with Gasteiger partial charge in [-0.05, 0) is 43.7 Å². The van der Waals surface area contributed by atoms with Crippen molar-refractivity contribution < 1.29 is 8.42 Å². The molecule has 0 spiro atoms. The standard InChI is InChI=1S/C16H19ClN2O2S2/c1-18(2)7-8-19-11-15(14-6-9-22-16(14)19)23(20,21)13-5-3-4-12(17)10-13/h3-6,9-10,15H,7-8,11H2,1-2H3. The van der Waals surface area contributed by atoms with Crippen LogP contribution in [-0.2, 0) is 9.84 Å². The molecular weight excluding hydrogens is 352 g/mol. The molecule has 2 aromatic rings. The van der Waals surface area contributed by atoms with Crippen molar-refractivity contribution >= 4 is 37.8 Å². The summed E-state index contributed by atoms with van der Waals surface area (Å²) in [5.74, 6) is 0. The molecule has 0 radical (unpaired) electrons. The lowest BCUT2D eigenvalue weighted by atomic mass is 10.3. The average Bonchev–Trinajstić information content (AvgIpc) is 3.07. The molecule has 124 valence electrons. The Kier molecular flexibility index (Phi) is 4.69. The van der Waals surface area contributed by atoms with Crippen LogP contribution in [0.1, 0.15) is 10.8 Å². The van der Waals surface area contributed by atoms with Crippen LogP contribution in [0, 0.1) is 0 Å². The highest BCUT2D eigenvalue weighted by Gasteiger charge is 2.39. The smallest absolute Gasteiger partial charge is 0.187 e. The molecule has 0 saturated carbocycles. The molecule has 1 aliphatic rings. The Bertz CT molecular complexity index is 802. The predicted molar refractivity (Wildman–Crippen MR) is 96.5 cm³/mol. The second kappa shape index (κ2) is 6.43. The highest BCUT2D eigenvalue weighted by Crippen LogP contribution is 2.45. The van der Waals surface area contributed by atoms with E-state index >= 15 is 0 Å². The van der Waals surface area contributed by atoms with Gasteiger partial charge in [-0.15, -0.1) is 11.3 Å². The predicted octanol–water partition coefficient (Wildman–Crippen LogP) is 3.30. The van der Waals surface area contributed by atoms with Crippen molar-refractivity contribution in [2.75, 3.05) is 38.6 Å². The maximum Gasteiger partial charge on any atom is 0.187 e. The molecule has 1 atom stereocenters. The van der Waals surface area contributed by atoms with Gasteiger partial charge in [0.2, 0.25) is 0 Å². The number of likely N-dealkylation sites (N-methyl/N-ethyl adjacent to an activating group) is 1. The van der Waals surface area contributed by atoms with Gasteiger partial charge in [0, 0.05) is 30.2 Å². The van der Waals surface area contributed by atoms with Crippen molar-refractivity contribution in [2.45, 2.75) is 10.1 Å². The van der Waals surface area contributed by atoms with Crippen LogP contribution in [0.4, 0.5) is 5.00 Å². The molecule has 1 unspecified atom stereocenters. The van der Waals surface area contributed by atoms with Gasteiger partial charge in [-0.2, -0.15) is 0 Å². The van der Waals surface area contributed by atoms with Crippen LogP contribution in [0.3, 0.4) is 0 Å². The van der Waals surface area contributed by atoms with Crippen molar-refractivity contribution in [3.63, 3.8) is 0 Å². The van der Waals surface area contributed by atoms with Crippen LogP contribution in [0.15, 0.2) is 40.6 Å². The minimum Gasteiger partial charge on any atom is -0.360 e. The van der Waals surface area contributed by atoms with E-state index in [2.05, 4.69) is 9.80 Å². The largest absolute Gasteiger partial charge is 0.360 e. The Morgan fingerprint density at radius 1 is 1.35 bits per heavy atom. The Balaban J connectivity index is 1.92. The van der Waals surface area contributed by atoms with Crippen LogP contribution in [0.2, 0.25) is 5.02 Å². The van der Waals surface area contributed by atoms with E-state index in [0.717, 1.165) is 23.7 Å². The molecule has 0 N–H and O–H groups in total. The zero-order valence-electron chi connectivity index (χ0n) is 13.1. The number of hydrogen-bond donors (Lipinski definition) is 0. The van der Waals surface area contributed by atoms with Gasteiger partial charge in [0.15, 0.2) is 9.84 Å². The molecule has 0 bridgehead atoms. The summed E-state index contributed by atoms with van der Waals surface area (Å²) in [5.41, 5.74) is 0.911. The van der Waals surface area contributed by atoms with Crippen molar-refractivity contribution in [1.29, 1.82) is 0 Å². The third kappa shape index (κ3) is 3.26. The van der Waals surface area contributed by atoms with Gasteiger partial charge in [0.25, 0.3) is 0 Å². The van der Waals surface area contributed by atoms with Gasteiger partial charge in [-0.3, -0.25) is 0 Å². The van der Waals surface area contributed by atoms with Crippen LogP contribution < -0.4 is 4.90 Å². The lowest BCUT2D eigenvalue weighted by Gasteiger charge is -2.21. The molecule has 7 heteroatoms. The van der Waals surface area contributed by atoms with E-state index in [1.54, 1.807) is 29.5 Å². The normalized spacial score (nSPS) is 17.7. The van der Waals surface area contributed by atoms with Gasteiger partial charge in [-0.25, -0.2) is 8.42 Å². The second-order valence-corrected chi connectivity index (χ2v) is 9.38. The molecule has 0 amide bonds. The topological polar surface area (TPSA) is 40.6 Å². The molecule has 23 heavy (non-hydrogen) atoms. The highest BCUT2D eigenvalue weighted by atomic mass is 35.5. The van der Waals surface area contributed by atoms with E-state index in [1.165, 1.54) is 6.07 Å². The number of nitrogens with zero attached hydrogens (tertiary/aromatic N) is 2. The fourth-order valence-electron chi connectivity index (χ4n) is 2.78. The van der Waals surface area contributed by atoms with Crippen LogP contribution in [0.25, 0.3) is 0 Å². The summed E-state index contributed by atoms with van der Waals surface area (Å²) in [6.45, 7) is 2.22. The molecule has 0 fully saturated rings. The van der Waals surface area contributed by atoms with Gasteiger partial charge in [0.1, 0.15) is 5.25 Å². The first-order valence-electron chi connectivity index (χ1n) is 7.36. The minimum atomic E-state index is -3.45. The number of anilines is 1. The number of rotatable bonds is 5. The molecule has 2 heterocycles. The molecule has 0 aliphatic carbocycles. The fourth-order valence-corrected chi connectivity index (χ4v) is 5.90. The molecule has 1 aromatic carbocycles. The van der Waals surface area contributed by atoms with E-state index in [-0.39, 0.29) is 0 Å². The molecule has 4 nitrogen and oxygen atoms in total. The number of fused-ring (bicyclic) bond motifs is 1. The van der Waals surface area contributed by atoms with Gasteiger partial charge in [-0.1, -0.05) is 17.7 Å². The number of hydrogen-bond acceptors (Lipinski definition) is 5. The number of halogens is 1. The highest BCUT2D eigenvalue weighted by molar-refractivity contribution is 7.91. The van der Waals surface area contributed by atoms with Gasteiger partial charge in [0.05, 0.1) is 9.90 Å². The summed E-state index contributed by atoms with van der Waals surface area (Å²) in [6.07, 6.45) is 0. The third-order valence-corrected chi connectivity index (χ3v) is 7.30. The van der Waals surface area contributed by atoms with E-state index in [4.69, 9.17) is 11.6 Å². The Hall–Kier alpha value is -1.08. The fraction of sp³-hybridized carbons (Fsp3) is 0.375. The van der Waals surface area contributed by atoms with Crippen LogP contribution in [0.5, 0.6) is 0 Å². The number of sulfone groups is 1. The van der Waals surface area contributed by atoms with Crippen LogP contribution >= 0.6 is 22.9 Å². The Labute approximate surface area is 146 Å². The summed E-state index contributed by atoms with van der Waals surface area (Å²) in [5, 5.41) is 2.96. The van der Waals surface area contributed by atoms with Gasteiger partial charge < -0.3 is 9.80 Å². The van der Waals surface area contributed by atoms with Crippen LogP contribution in [-0.4, -0.2) is 47.0 Å². The minimum absolute atomic E-state index is 0.293. The number of thiophene rings is 1. The van der Waals surface area contributed by atoms with Crippen molar-refractivity contribution in [1.82, 2.24) is 4.90 Å².